The average molecular weight is 408 g/mol. The summed E-state index contributed by atoms with van der Waals surface area (Å²) in [6.07, 6.45) is 1.61. The zero-order valence-corrected chi connectivity index (χ0v) is 16.1. The fourth-order valence-corrected chi connectivity index (χ4v) is 3.94. The molecule has 0 unspecified atom stereocenters. The van der Waals surface area contributed by atoms with Crippen molar-refractivity contribution in [3.05, 3.63) is 74.1 Å². The average Bonchev–Trinajstić information content (AvgIpc) is 2.84. The van der Waals surface area contributed by atoms with Crippen LogP contribution in [-0.2, 0) is 4.79 Å². The highest BCUT2D eigenvalue weighted by atomic mass is 35.5. The molecule has 7 heteroatoms. The van der Waals surface area contributed by atoms with E-state index < -0.39 is 11.8 Å². The Labute approximate surface area is 164 Å². The fourth-order valence-electron chi connectivity index (χ4n) is 2.23. The summed E-state index contributed by atoms with van der Waals surface area (Å²) in [5, 5.41) is 0.923. The number of carbonyl (C=O) groups excluding carboxylic acids is 2. The summed E-state index contributed by atoms with van der Waals surface area (Å²) in [6, 6.07) is 12.0. The molecule has 0 radical (unpaired) electrons. The smallest absolute Gasteiger partial charge is 0.268 e. The topological polar surface area (TPSA) is 37.4 Å². The van der Waals surface area contributed by atoms with Crippen molar-refractivity contribution < 1.29 is 9.59 Å². The Morgan fingerprint density at radius 3 is 2.48 bits per heavy atom. The molecule has 25 heavy (non-hydrogen) atoms. The third-order valence-electron chi connectivity index (χ3n) is 3.54. The number of imide groups is 1. The van der Waals surface area contributed by atoms with E-state index in [2.05, 4.69) is 0 Å². The highest BCUT2D eigenvalue weighted by Crippen LogP contribution is 2.35. The van der Waals surface area contributed by atoms with E-state index >= 15 is 0 Å². The molecule has 1 saturated heterocycles. The fraction of sp³-hybridized carbons (Fsp3) is 0.0556. The summed E-state index contributed by atoms with van der Waals surface area (Å²) < 4.78 is 0.201. The van der Waals surface area contributed by atoms with E-state index in [-0.39, 0.29) is 4.32 Å². The Hall–Kier alpha value is -1.66. The summed E-state index contributed by atoms with van der Waals surface area (Å²) in [5.74, 6) is -0.889. The van der Waals surface area contributed by atoms with Gasteiger partial charge in [-0.3, -0.25) is 9.59 Å². The number of thiocarbonyl (C=S) groups is 1. The van der Waals surface area contributed by atoms with Gasteiger partial charge in [-0.05, 0) is 42.8 Å². The first-order chi connectivity index (χ1) is 11.9. The van der Waals surface area contributed by atoms with E-state index in [0.717, 1.165) is 22.2 Å². The minimum absolute atomic E-state index is 0.201. The van der Waals surface area contributed by atoms with Crippen LogP contribution in [0, 0.1) is 6.92 Å². The van der Waals surface area contributed by atoms with Crippen LogP contribution in [0.5, 0.6) is 0 Å². The van der Waals surface area contributed by atoms with E-state index in [1.807, 2.05) is 19.1 Å². The van der Waals surface area contributed by atoms with Gasteiger partial charge < -0.3 is 0 Å². The quantitative estimate of drug-likeness (QED) is 0.382. The van der Waals surface area contributed by atoms with Crippen molar-refractivity contribution in [1.29, 1.82) is 0 Å². The van der Waals surface area contributed by atoms with Crippen LogP contribution >= 0.6 is 47.2 Å². The van der Waals surface area contributed by atoms with Gasteiger partial charge in [0.15, 0.2) is 4.32 Å². The second kappa shape index (κ2) is 7.30. The van der Waals surface area contributed by atoms with Gasteiger partial charge in [-0.25, -0.2) is 4.90 Å². The maximum Gasteiger partial charge on any atom is 0.273 e. The van der Waals surface area contributed by atoms with Gasteiger partial charge in [-0.15, -0.1) is 0 Å². The molecule has 0 bridgehead atoms. The first-order valence-electron chi connectivity index (χ1n) is 7.21. The van der Waals surface area contributed by atoms with Crippen LogP contribution in [-0.4, -0.2) is 21.0 Å². The Bertz CT molecular complexity index is 923. The molecule has 0 N–H and O–H groups in total. The normalized spacial score (nSPS) is 16.0. The number of amides is 2. The predicted molar refractivity (Wildman–Crippen MR) is 107 cm³/mol. The van der Waals surface area contributed by atoms with Crippen molar-refractivity contribution in [2.45, 2.75) is 6.92 Å². The molecule has 0 spiro atoms. The minimum Gasteiger partial charge on any atom is -0.268 e. The summed E-state index contributed by atoms with van der Waals surface area (Å²) in [5.41, 5.74) is 2.07. The van der Waals surface area contributed by atoms with Gasteiger partial charge in [0, 0.05) is 15.6 Å². The van der Waals surface area contributed by atoms with Gasteiger partial charge in [0.1, 0.15) is 0 Å². The van der Waals surface area contributed by atoms with Crippen LogP contribution in [0.3, 0.4) is 0 Å². The molecule has 0 aliphatic carbocycles. The maximum absolute atomic E-state index is 12.6. The van der Waals surface area contributed by atoms with E-state index in [0.29, 0.717) is 26.1 Å². The molecule has 2 aromatic carbocycles. The van der Waals surface area contributed by atoms with E-state index in [1.54, 1.807) is 36.4 Å². The second-order valence-electron chi connectivity index (χ2n) is 5.35. The molecular formula is C18H11Cl2NO2S2. The van der Waals surface area contributed by atoms with Gasteiger partial charge in [0.2, 0.25) is 0 Å². The lowest BCUT2D eigenvalue weighted by Gasteiger charge is -2.12. The van der Waals surface area contributed by atoms with Crippen molar-refractivity contribution >= 4 is 69.4 Å². The number of thioether (sulfide) groups is 1. The molecule has 1 fully saturated rings. The van der Waals surface area contributed by atoms with Gasteiger partial charge in [0.25, 0.3) is 11.8 Å². The van der Waals surface area contributed by atoms with Crippen molar-refractivity contribution in [1.82, 2.24) is 4.90 Å². The molecule has 0 saturated carbocycles. The largest absolute Gasteiger partial charge is 0.273 e. The van der Waals surface area contributed by atoms with Crippen molar-refractivity contribution in [2.75, 3.05) is 0 Å². The molecule has 126 valence electrons. The number of hydrogen-bond acceptors (Lipinski definition) is 4. The van der Waals surface area contributed by atoms with Crippen LogP contribution in [0.25, 0.3) is 6.08 Å². The predicted octanol–water partition coefficient (Wildman–Crippen LogP) is 5.34. The third kappa shape index (κ3) is 3.80. The lowest BCUT2D eigenvalue weighted by molar-refractivity contribution is -0.120. The summed E-state index contributed by atoms with van der Waals surface area (Å²) in [6.45, 7) is 1.92. The molecule has 2 aromatic rings. The molecule has 1 heterocycles. The number of nitrogens with zero attached hydrogens (tertiary/aromatic N) is 1. The maximum atomic E-state index is 12.6. The Morgan fingerprint density at radius 1 is 1.16 bits per heavy atom. The summed E-state index contributed by atoms with van der Waals surface area (Å²) in [4.78, 5) is 26.6. The third-order valence-corrected chi connectivity index (χ3v) is 5.41. The van der Waals surface area contributed by atoms with Crippen molar-refractivity contribution in [2.24, 2.45) is 0 Å². The second-order valence-corrected chi connectivity index (χ2v) is 7.87. The zero-order valence-electron chi connectivity index (χ0n) is 13.0. The SMILES string of the molecule is Cc1ccc(C(=O)N2C(=O)C(=Cc3ccc(Cl)cc3Cl)SC2=S)cc1. The monoisotopic (exact) mass is 407 g/mol. The number of aryl methyl sites for hydroxylation is 1. The number of hydrogen-bond donors (Lipinski definition) is 0. The molecule has 0 aromatic heterocycles. The summed E-state index contributed by atoms with van der Waals surface area (Å²) >= 11 is 18.3. The highest BCUT2D eigenvalue weighted by Gasteiger charge is 2.37. The highest BCUT2D eigenvalue weighted by molar-refractivity contribution is 8.26. The molecule has 0 atom stereocenters. The van der Waals surface area contributed by atoms with Gasteiger partial charge >= 0.3 is 0 Å². The zero-order chi connectivity index (χ0) is 18.1. The lowest BCUT2D eigenvalue weighted by atomic mass is 10.1. The molecule has 3 rings (SSSR count). The molecule has 1 aliphatic heterocycles. The van der Waals surface area contributed by atoms with Crippen molar-refractivity contribution in [3.8, 4) is 0 Å². The lowest BCUT2D eigenvalue weighted by Crippen LogP contribution is -2.34. The van der Waals surface area contributed by atoms with Crippen LogP contribution < -0.4 is 0 Å². The minimum atomic E-state index is -0.452. The van der Waals surface area contributed by atoms with Crippen LogP contribution in [0.15, 0.2) is 47.4 Å². The number of benzene rings is 2. The van der Waals surface area contributed by atoms with Crippen LogP contribution in [0.1, 0.15) is 21.5 Å². The van der Waals surface area contributed by atoms with Crippen molar-refractivity contribution in [3.63, 3.8) is 0 Å². The molecule has 1 aliphatic rings. The van der Waals surface area contributed by atoms with Crippen LogP contribution in [0.2, 0.25) is 10.0 Å². The standard InChI is InChI=1S/C18H11Cl2NO2S2/c1-10-2-4-11(5-3-10)16(22)21-17(23)15(25-18(21)24)8-12-6-7-13(19)9-14(12)20/h2-9H,1H3. The first kappa shape index (κ1) is 18.1. The number of carbonyl (C=O) groups is 2. The molecule has 3 nitrogen and oxygen atoms in total. The van der Waals surface area contributed by atoms with Gasteiger partial charge in [-0.1, -0.05) is 70.9 Å². The summed E-state index contributed by atoms with van der Waals surface area (Å²) in [7, 11) is 0. The van der Waals surface area contributed by atoms with Gasteiger partial charge in [0.05, 0.1) is 4.91 Å². The Morgan fingerprint density at radius 2 is 1.84 bits per heavy atom. The Kier molecular flexibility index (Phi) is 5.29. The first-order valence-corrected chi connectivity index (χ1v) is 9.19. The molecule has 2 amide bonds. The molecular weight excluding hydrogens is 397 g/mol. The van der Waals surface area contributed by atoms with E-state index in [4.69, 9.17) is 35.4 Å². The van der Waals surface area contributed by atoms with E-state index in [9.17, 15) is 9.59 Å². The Balaban J connectivity index is 1.90. The van der Waals surface area contributed by atoms with Crippen LogP contribution in [0.4, 0.5) is 0 Å². The number of halogens is 2. The van der Waals surface area contributed by atoms with E-state index in [1.165, 1.54) is 0 Å². The number of rotatable bonds is 2. The van der Waals surface area contributed by atoms with Gasteiger partial charge in [-0.2, -0.15) is 0 Å².